The fraction of sp³-hybridized carbons (Fsp3) is 0.400. The van der Waals surface area contributed by atoms with Gasteiger partial charge in [0.2, 0.25) is 5.88 Å². The summed E-state index contributed by atoms with van der Waals surface area (Å²) < 4.78 is 11.7. The highest BCUT2D eigenvalue weighted by molar-refractivity contribution is 6.29. The molecule has 0 radical (unpaired) electrons. The van der Waals surface area contributed by atoms with E-state index in [2.05, 4.69) is 20.1 Å². The number of methoxy groups -OCH3 is 2. The van der Waals surface area contributed by atoms with Crippen LogP contribution >= 0.6 is 11.6 Å². The molecule has 0 amide bonds. The van der Waals surface area contributed by atoms with E-state index in [1.807, 2.05) is 6.92 Å². The predicted molar refractivity (Wildman–Crippen MR) is 94.3 cm³/mol. The SMILES string of the molecule is CCn1nc(N=Nc2c(O)c(C(=O)OC)c(O)n(CCOC)c2=O)cc1Cl. The number of azo groups is 1. The zero-order chi connectivity index (χ0) is 20.1. The normalized spacial score (nSPS) is 11.3. The number of hydrogen-bond donors (Lipinski definition) is 2. The Morgan fingerprint density at radius 2 is 2.04 bits per heavy atom. The van der Waals surface area contributed by atoms with Gasteiger partial charge in [0.25, 0.3) is 5.56 Å². The number of nitrogens with zero attached hydrogens (tertiary/aromatic N) is 5. The Kier molecular flexibility index (Phi) is 6.53. The highest BCUT2D eigenvalue weighted by Gasteiger charge is 2.27. The van der Waals surface area contributed by atoms with Crippen molar-refractivity contribution in [2.75, 3.05) is 20.8 Å². The molecule has 12 heteroatoms. The van der Waals surface area contributed by atoms with Gasteiger partial charge in [-0.15, -0.1) is 15.3 Å². The summed E-state index contributed by atoms with van der Waals surface area (Å²) in [4.78, 5) is 24.5. The molecule has 2 aromatic rings. The summed E-state index contributed by atoms with van der Waals surface area (Å²) in [6, 6.07) is 1.41. The molecule has 2 N–H and O–H groups in total. The molecule has 0 aromatic carbocycles. The molecular weight excluding hydrogens is 382 g/mol. The first-order chi connectivity index (χ1) is 12.8. The number of pyridine rings is 1. The average molecular weight is 400 g/mol. The van der Waals surface area contributed by atoms with Crippen molar-refractivity contribution < 1.29 is 24.5 Å². The Bertz CT molecular complexity index is 936. The summed E-state index contributed by atoms with van der Waals surface area (Å²) in [5, 5.41) is 32.3. The van der Waals surface area contributed by atoms with Crippen LogP contribution in [0.5, 0.6) is 11.6 Å². The smallest absolute Gasteiger partial charge is 0.347 e. The number of hydrogen-bond acceptors (Lipinski definition) is 9. The first-order valence-corrected chi connectivity index (χ1v) is 8.14. The third-order valence-electron chi connectivity index (χ3n) is 3.57. The van der Waals surface area contributed by atoms with Crippen LogP contribution in [-0.4, -0.2) is 51.4 Å². The zero-order valence-electron chi connectivity index (χ0n) is 14.8. The maximum Gasteiger partial charge on any atom is 0.347 e. The second-order valence-electron chi connectivity index (χ2n) is 5.18. The third-order valence-corrected chi connectivity index (χ3v) is 3.87. The Labute approximate surface area is 158 Å². The van der Waals surface area contributed by atoms with E-state index in [4.69, 9.17) is 16.3 Å². The molecule has 2 heterocycles. The van der Waals surface area contributed by atoms with Crippen LogP contribution in [0.25, 0.3) is 0 Å². The number of aromatic hydroxyl groups is 2. The van der Waals surface area contributed by atoms with E-state index >= 15 is 0 Å². The second-order valence-corrected chi connectivity index (χ2v) is 5.57. The van der Waals surface area contributed by atoms with Gasteiger partial charge in [0.05, 0.1) is 20.3 Å². The van der Waals surface area contributed by atoms with E-state index in [0.29, 0.717) is 11.7 Å². The van der Waals surface area contributed by atoms with Gasteiger partial charge >= 0.3 is 5.97 Å². The van der Waals surface area contributed by atoms with E-state index < -0.39 is 34.4 Å². The van der Waals surface area contributed by atoms with Crippen LogP contribution < -0.4 is 5.56 Å². The van der Waals surface area contributed by atoms with Crippen LogP contribution in [0.1, 0.15) is 17.3 Å². The maximum absolute atomic E-state index is 12.6. The van der Waals surface area contributed by atoms with Crippen molar-refractivity contribution in [3.63, 3.8) is 0 Å². The molecule has 146 valence electrons. The maximum atomic E-state index is 12.6. The minimum Gasteiger partial charge on any atom is -0.504 e. The fourth-order valence-electron chi connectivity index (χ4n) is 2.21. The van der Waals surface area contributed by atoms with Crippen molar-refractivity contribution in [3.05, 3.63) is 27.1 Å². The summed E-state index contributed by atoms with van der Waals surface area (Å²) >= 11 is 5.95. The molecule has 0 unspecified atom stereocenters. The lowest BCUT2D eigenvalue weighted by molar-refractivity contribution is 0.0591. The standard InChI is InChI=1S/C15H18ClN5O6/c1-4-21-8(16)7-9(19-21)17-18-11-12(22)10(15(25)27-3)13(23)20(14(11)24)5-6-26-2/h7,22-23H,4-6H2,1-3H3. The van der Waals surface area contributed by atoms with Crippen LogP contribution in [-0.2, 0) is 22.6 Å². The average Bonchev–Trinajstić information content (AvgIpc) is 3.01. The number of halogens is 1. The van der Waals surface area contributed by atoms with Gasteiger partial charge in [-0.2, -0.15) is 0 Å². The summed E-state index contributed by atoms with van der Waals surface area (Å²) in [5.41, 5.74) is -2.05. The Balaban J connectivity index is 2.61. The number of rotatable bonds is 7. The summed E-state index contributed by atoms with van der Waals surface area (Å²) in [5.74, 6) is -2.58. The molecule has 0 bridgehead atoms. The van der Waals surface area contributed by atoms with Gasteiger partial charge in [0.15, 0.2) is 22.8 Å². The van der Waals surface area contributed by atoms with E-state index in [0.717, 1.165) is 11.7 Å². The lowest BCUT2D eigenvalue weighted by Crippen LogP contribution is -2.24. The highest BCUT2D eigenvalue weighted by Crippen LogP contribution is 2.34. The van der Waals surface area contributed by atoms with E-state index in [-0.39, 0.29) is 19.0 Å². The monoisotopic (exact) mass is 399 g/mol. The molecule has 0 aliphatic heterocycles. The summed E-state index contributed by atoms with van der Waals surface area (Å²) in [6.07, 6.45) is 0. The molecule has 11 nitrogen and oxygen atoms in total. The highest BCUT2D eigenvalue weighted by atomic mass is 35.5. The van der Waals surface area contributed by atoms with Crippen LogP contribution in [0.2, 0.25) is 5.15 Å². The van der Waals surface area contributed by atoms with Crippen molar-refractivity contribution in [3.8, 4) is 11.6 Å². The van der Waals surface area contributed by atoms with Crippen LogP contribution in [0.4, 0.5) is 11.5 Å². The summed E-state index contributed by atoms with van der Waals surface area (Å²) in [6.45, 7) is 2.29. The van der Waals surface area contributed by atoms with Gasteiger partial charge in [-0.3, -0.25) is 14.0 Å². The number of esters is 1. The molecule has 0 saturated carbocycles. The van der Waals surface area contributed by atoms with Crippen molar-refractivity contribution in [1.29, 1.82) is 0 Å². The predicted octanol–water partition coefficient (Wildman–Crippen LogP) is 1.98. The molecule has 0 spiro atoms. The lowest BCUT2D eigenvalue weighted by atomic mass is 10.2. The van der Waals surface area contributed by atoms with E-state index in [9.17, 15) is 19.8 Å². The molecular formula is C15H18ClN5O6. The molecule has 0 aliphatic carbocycles. The number of aromatic nitrogens is 3. The molecule has 0 fully saturated rings. The Hall–Kier alpha value is -2.92. The second kappa shape index (κ2) is 8.64. The van der Waals surface area contributed by atoms with Crippen molar-refractivity contribution in [1.82, 2.24) is 14.3 Å². The minimum atomic E-state index is -1.05. The third kappa shape index (κ3) is 4.09. The number of carbonyl (C=O) groups is 1. The van der Waals surface area contributed by atoms with Crippen LogP contribution in [0.15, 0.2) is 21.1 Å². The molecule has 27 heavy (non-hydrogen) atoms. The van der Waals surface area contributed by atoms with E-state index in [1.165, 1.54) is 17.9 Å². The van der Waals surface area contributed by atoms with Gasteiger partial charge in [0, 0.05) is 19.7 Å². The summed E-state index contributed by atoms with van der Waals surface area (Å²) in [7, 11) is 2.46. The van der Waals surface area contributed by atoms with Gasteiger partial charge in [-0.25, -0.2) is 4.79 Å². The molecule has 0 atom stereocenters. The quantitative estimate of drug-likeness (QED) is 0.535. The largest absolute Gasteiger partial charge is 0.504 e. The zero-order valence-corrected chi connectivity index (χ0v) is 15.6. The van der Waals surface area contributed by atoms with Crippen LogP contribution in [0.3, 0.4) is 0 Å². The minimum absolute atomic E-state index is 0.0615. The van der Waals surface area contributed by atoms with Gasteiger partial charge in [0.1, 0.15) is 5.15 Å². The molecule has 0 aliphatic rings. The molecule has 0 saturated heterocycles. The van der Waals surface area contributed by atoms with Crippen LogP contribution in [0, 0.1) is 0 Å². The van der Waals surface area contributed by atoms with Crippen molar-refractivity contribution in [2.45, 2.75) is 20.0 Å². The first-order valence-electron chi connectivity index (χ1n) is 7.76. The fourth-order valence-corrected chi connectivity index (χ4v) is 2.46. The van der Waals surface area contributed by atoms with Crippen molar-refractivity contribution >= 4 is 29.1 Å². The van der Waals surface area contributed by atoms with Crippen molar-refractivity contribution in [2.24, 2.45) is 10.2 Å². The molecule has 2 rings (SSSR count). The molecule has 2 aromatic heterocycles. The van der Waals surface area contributed by atoms with Gasteiger partial charge < -0.3 is 19.7 Å². The number of carbonyl (C=O) groups excluding carboxylic acids is 1. The number of ether oxygens (including phenoxy) is 2. The lowest BCUT2D eigenvalue weighted by Gasteiger charge is -2.13. The topological polar surface area (TPSA) is 141 Å². The van der Waals surface area contributed by atoms with Gasteiger partial charge in [-0.05, 0) is 6.92 Å². The Morgan fingerprint density at radius 1 is 1.33 bits per heavy atom. The Morgan fingerprint density at radius 3 is 2.59 bits per heavy atom. The van der Waals surface area contributed by atoms with E-state index in [1.54, 1.807) is 0 Å². The first kappa shape index (κ1) is 20.4. The number of aryl methyl sites for hydroxylation is 1. The van der Waals surface area contributed by atoms with Gasteiger partial charge in [-0.1, -0.05) is 11.6 Å².